The van der Waals surface area contributed by atoms with Crippen molar-refractivity contribution in [2.24, 2.45) is 5.92 Å². The number of allylic oxidation sites excluding steroid dienone is 1. The number of aliphatic hydroxyl groups excluding tert-OH is 1. The number of aliphatic hydroxyl groups is 1. The minimum atomic E-state index is -3.16. The highest BCUT2D eigenvalue weighted by Crippen LogP contribution is 2.42. The van der Waals surface area contributed by atoms with E-state index in [1.54, 1.807) is 19.5 Å². The maximum atomic E-state index is 13.0. The lowest BCUT2D eigenvalue weighted by molar-refractivity contribution is -0.114. The van der Waals surface area contributed by atoms with E-state index in [1.165, 1.54) is 98.7 Å². The van der Waals surface area contributed by atoms with E-state index in [-0.39, 0.29) is 23.9 Å². The summed E-state index contributed by atoms with van der Waals surface area (Å²) in [6.45, 7) is 52.1. The third kappa shape index (κ3) is 32.7. The summed E-state index contributed by atoms with van der Waals surface area (Å²) in [5.41, 5.74) is 24.4. The minimum Gasteiger partial charge on any atom is -0.391 e. The molecule has 136 heavy (non-hydrogen) atoms. The molecule has 0 bridgehead atoms. The molecule has 0 radical (unpaired) electrons. The van der Waals surface area contributed by atoms with Crippen LogP contribution in [0.4, 0.5) is 16.2 Å². The summed E-state index contributed by atoms with van der Waals surface area (Å²) in [7, 11) is -1.51. The van der Waals surface area contributed by atoms with Gasteiger partial charge in [0.05, 0.1) is 11.0 Å². The van der Waals surface area contributed by atoms with Crippen molar-refractivity contribution in [3.05, 3.63) is 240 Å². The second-order valence-corrected chi connectivity index (χ2v) is 43.9. The summed E-state index contributed by atoms with van der Waals surface area (Å²) in [5.74, 6) is 10.9. The molecule has 9 aliphatic rings. The van der Waals surface area contributed by atoms with Crippen LogP contribution in [0.15, 0.2) is 145 Å². The lowest BCUT2D eigenvalue weighted by Crippen LogP contribution is -2.32. The number of anilines is 2. The molecule has 19 heteroatoms. The average molecular weight is 1880 g/mol. The first-order valence-electron chi connectivity index (χ1n) is 52.2. The Balaban J connectivity index is 0.000000164. The molecule has 1 atom stereocenters. The van der Waals surface area contributed by atoms with E-state index in [4.69, 9.17) is 6.42 Å². The molecule has 8 heterocycles. The molecule has 7 aromatic carbocycles. The van der Waals surface area contributed by atoms with E-state index >= 15 is 0 Å². The Kier molecular flexibility index (Phi) is 44.1. The number of Topliss-reactive ketones (excluding diaryl/α,β-unsaturated/α-hetero) is 1. The van der Waals surface area contributed by atoms with Crippen LogP contribution in [0.1, 0.15) is 406 Å². The number of amides is 4. The summed E-state index contributed by atoms with van der Waals surface area (Å²) < 4.78 is 24.1. The third-order valence-corrected chi connectivity index (χ3v) is 30.5. The van der Waals surface area contributed by atoms with Crippen molar-refractivity contribution in [2.75, 3.05) is 129 Å². The van der Waals surface area contributed by atoms with Gasteiger partial charge < -0.3 is 63.2 Å². The first kappa shape index (κ1) is 109. The molecule has 1 saturated carbocycles. The van der Waals surface area contributed by atoms with Crippen molar-refractivity contribution >= 4 is 44.8 Å². The van der Waals surface area contributed by atoms with Crippen LogP contribution in [0.2, 0.25) is 0 Å². The topological polar surface area (TPSA) is 246 Å². The molecular weight excluding hydrogens is 1700 g/mol. The molecule has 0 aromatic heterocycles. The van der Waals surface area contributed by atoms with Crippen LogP contribution in [-0.4, -0.2) is 166 Å². The van der Waals surface area contributed by atoms with Crippen LogP contribution < -0.4 is 53.2 Å². The second-order valence-electron chi connectivity index (χ2n) is 41.9. The Bertz CT molecular complexity index is 5120. The number of piperidine rings is 7. The summed E-state index contributed by atoms with van der Waals surface area (Å²) in [6, 6.07) is 45.7. The number of likely N-dealkylation sites (tertiary alicyclic amines) is 1. The predicted molar refractivity (Wildman–Crippen MR) is 569 cm³/mol. The molecule has 1 aliphatic carbocycles. The number of carbonyl (C=O) groups excluding carboxylic acids is 4. The van der Waals surface area contributed by atoms with Crippen LogP contribution in [0.25, 0.3) is 0 Å². The number of β-amino-alcohol motifs (C(OH)–C–C–N with tert-alkyl or cyclic N) is 1. The Morgan fingerprint density at radius 2 is 0.721 bits per heavy atom. The van der Waals surface area contributed by atoms with E-state index in [1.807, 2.05) is 23.1 Å². The molecule has 0 spiro atoms. The number of rotatable bonds is 22. The molecule has 4 amide bonds. The number of urea groups is 1. The molecule has 16 rings (SSSR count). The van der Waals surface area contributed by atoms with Crippen LogP contribution in [0, 0.1) is 18.3 Å². The van der Waals surface area contributed by atoms with Gasteiger partial charge in [-0.05, 0) is 410 Å². The molecule has 742 valence electrons. The largest absolute Gasteiger partial charge is 0.391 e. The smallest absolute Gasteiger partial charge is 0.318 e. The van der Waals surface area contributed by atoms with Crippen LogP contribution in [0.5, 0.6) is 0 Å². The summed E-state index contributed by atoms with van der Waals surface area (Å²) in [4.78, 5) is 51.1. The number of hydrogen-bond donors (Lipinski definition) is 11. The highest BCUT2D eigenvalue weighted by atomic mass is 32.2. The lowest BCUT2D eigenvalue weighted by Gasteiger charge is -2.27. The Hall–Kier alpha value is -8.65. The summed E-state index contributed by atoms with van der Waals surface area (Å²) in [5, 5.41) is 42.1. The van der Waals surface area contributed by atoms with Crippen molar-refractivity contribution in [3.63, 3.8) is 0 Å². The maximum absolute atomic E-state index is 13.0. The lowest BCUT2D eigenvalue weighted by atomic mass is 9.83. The van der Waals surface area contributed by atoms with Gasteiger partial charge in [-0.3, -0.25) is 14.4 Å². The molecule has 8 saturated heterocycles. The highest BCUT2D eigenvalue weighted by molar-refractivity contribution is 7.90. The van der Waals surface area contributed by atoms with Crippen LogP contribution >= 0.6 is 0 Å². The number of ketones is 1. The fraction of sp³-hybridized carbons (Fsp3) is 0.573. The van der Waals surface area contributed by atoms with E-state index < -0.39 is 9.84 Å². The zero-order valence-electron chi connectivity index (χ0n) is 86.0. The third-order valence-electron chi connectivity index (χ3n) is 29.3. The van der Waals surface area contributed by atoms with Gasteiger partial charge in [0, 0.05) is 67.3 Å². The fourth-order valence-corrected chi connectivity index (χ4v) is 21.4. The van der Waals surface area contributed by atoms with Gasteiger partial charge in [0.1, 0.15) is 0 Å². The average Bonchev–Trinajstić information content (AvgIpc) is 1.71. The molecule has 1 unspecified atom stereocenters. The Morgan fingerprint density at radius 1 is 0.412 bits per heavy atom. The van der Waals surface area contributed by atoms with Gasteiger partial charge in [-0.2, -0.15) is 0 Å². The normalized spacial score (nSPS) is 18.4. The van der Waals surface area contributed by atoms with Gasteiger partial charge in [-0.25, -0.2) is 13.2 Å². The first-order chi connectivity index (χ1) is 65.2. The van der Waals surface area contributed by atoms with E-state index in [0.717, 1.165) is 220 Å². The van der Waals surface area contributed by atoms with Crippen LogP contribution in [0.3, 0.4) is 0 Å². The quantitative estimate of drug-likeness (QED) is 0.0172. The van der Waals surface area contributed by atoms with Crippen molar-refractivity contribution in [1.29, 1.82) is 0 Å². The fourth-order valence-electron chi connectivity index (χ4n) is 20.4. The molecule has 8 aliphatic heterocycles. The first-order valence-corrected chi connectivity index (χ1v) is 54.1. The van der Waals surface area contributed by atoms with Crippen molar-refractivity contribution in [1.82, 2.24) is 47.4 Å². The van der Waals surface area contributed by atoms with Gasteiger partial charge in [0.15, 0.2) is 15.6 Å². The predicted octanol–water partition coefficient (Wildman–Crippen LogP) is 22.6. The number of hydrogen-bond acceptors (Lipinski definition) is 14. The van der Waals surface area contributed by atoms with Crippen molar-refractivity contribution in [2.45, 2.75) is 313 Å². The number of terminal acetylenes is 1. The van der Waals surface area contributed by atoms with Gasteiger partial charge in [0.2, 0.25) is 5.91 Å². The number of nitrogens with zero attached hydrogens (tertiary/aromatic N) is 1. The number of benzene rings is 7. The molecule has 7 aromatic rings. The Morgan fingerprint density at radius 3 is 1.07 bits per heavy atom. The second kappa shape index (κ2) is 54.8. The number of nitrogens with one attached hydrogen (secondary N) is 10. The summed E-state index contributed by atoms with van der Waals surface area (Å²) >= 11 is 0. The minimum absolute atomic E-state index is 0.0103. The Labute approximate surface area is 820 Å². The zero-order valence-corrected chi connectivity index (χ0v) is 86.8. The molecular formula is C117H171N11O7S. The molecule has 9 fully saturated rings. The van der Waals surface area contributed by atoms with Gasteiger partial charge in [0.25, 0.3) is 5.91 Å². The monoisotopic (exact) mass is 1870 g/mol. The summed E-state index contributed by atoms with van der Waals surface area (Å²) in [6.07, 6.45) is 28.5. The highest BCUT2D eigenvalue weighted by Gasteiger charge is 2.35. The zero-order chi connectivity index (χ0) is 98.1. The van der Waals surface area contributed by atoms with Gasteiger partial charge in [-0.1, -0.05) is 200 Å². The SMILES string of the molecule is C#Cc1cc(C(C)C)ccc1C1CCNCC1.C=CCc1cc(C(C)C)ccc1C1CCNCC1.CC(=O)Nc1cc(C(C)C)ccc1C1CCNCC1.CC(C)c1ccc(C2CCNCC2)c(C(=O)C2CC2)c1.CC(C)c1ccc(C2CCNCC2)c(C(=O)N2CCC(O)C2)c1.CC(C)c1ccc(C2CCNCC2)c(S(C)(=O)=O)c1.CNC(=O)Nc1cc(C(C)C)ccc1C1CCNCC1. The number of sulfone groups is 1. The molecule has 11 N–H and O–H groups in total. The van der Waals surface area contributed by atoms with E-state index in [9.17, 15) is 32.7 Å². The van der Waals surface area contributed by atoms with Gasteiger partial charge in [-0.15, -0.1) is 13.0 Å². The van der Waals surface area contributed by atoms with Crippen LogP contribution in [-0.2, 0) is 21.1 Å². The van der Waals surface area contributed by atoms with Crippen molar-refractivity contribution in [3.8, 4) is 12.3 Å². The molecule has 18 nitrogen and oxygen atoms in total. The maximum Gasteiger partial charge on any atom is 0.318 e. The van der Waals surface area contributed by atoms with E-state index in [0.29, 0.717) is 113 Å². The van der Waals surface area contributed by atoms with E-state index in [2.05, 4.69) is 278 Å². The van der Waals surface area contributed by atoms with Gasteiger partial charge >= 0.3 is 6.03 Å². The van der Waals surface area contributed by atoms with Crippen molar-refractivity contribution < 1.29 is 32.7 Å². The number of carbonyl (C=O) groups is 4. The standard InChI is InChI=1S/C19H28N2O2.C18H25NO.C17H25N.C16H25N3O.C16H24N2O.C16H21N.C15H23NO2S/c1-13(2)15-3-4-17(14-5-8-20-9-6-14)18(11-15)19(23)21-10-7-16(22)12-21;1-12(2)15-5-6-16(13-7-9-19-10-8-13)17(11-15)18(20)14-3-4-14;1-4-5-16-12-15(13(2)3)6-7-17(16)14-8-10-18-11-9-14;1-11(2)13-4-5-14(12-6-8-18-9-7-12)15(10-13)19-16(20)17-3;1-11(2)14-4-5-15(13-6-8-17-9-7-13)16(10-14)18-12(3)19;1-4-13-11-15(12(2)3)5-6-16(13)14-7-9-17-10-8-14;1-11(2)13-4-5-14(12-6-8-16-9-7-12)15(10-13)19(3,17)18/h3-4,11,13-14,16,20,22H,5-10,12H2,1-2H3;5-6,11-14,19H,3-4,7-10H2,1-2H3;4,6-7,12-14,18H,1,5,8-11H2,2-3H3;4-5,10-12,18H,6-9H2,1-3H3,(H2,17,19,20);4-5,10-11,13,17H,6-9H2,1-3H3,(H,18,19);1,5-6,11-12,14,17H,7-10H2,2-3H3;4-5,10-12,16H,6-9H2,1-3H3.